The molecule has 7 heteroatoms. The lowest BCUT2D eigenvalue weighted by Gasteiger charge is -2.16. The molecule has 1 amide bonds. The SMILES string of the molecule is Cc1cc(OC(C)C)ccc1-c1nn(-c2ccccc2)cc1C=C1SC(=S)N(CC(C)C)C1=O. The Bertz CT molecular complexity index is 1250. The molecule has 0 unspecified atom stereocenters. The monoisotopic (exact) mass is 491 g/mol. The van der Waals surface area contributed by atoms with E-state index in [2.05, 4.69) is 20.8 Å². The van der Waals surface area contributed by atoms with Crippen molar-refractivity contribution in [2.75, 3.05) is 6.54 Å². The standard InChI is InChI=1S/C27H29N3O2S2/c1-17(2)15-29-26(31)24(34-27(29)33)14-20-16-30(21-9-7-6-8-10-21)28-25(20)23-12-11-22(13-19(23)5)32-18(3)4/h6-14,16-18H,15H2,1-5H3. The molecule has 4 rings (SSSR count). The average Bonchev–Trinajstić information content (AvgIpc) is 3.30. The highest BCUT2D eigenvalue weighted by Gasteiger charge is 2.32. The summed E-state index contributed by atoms with van der Waals surface area (Å²) in [6.07, 6.45) is 3.99. The zero-order valence-corrected chi connectivity index (χ0v) is 21.7. The highest BCUT2D eigenvalue weighted by atomic mass is 32.2. The Morgan fingerprint density at radius 2 is 1.85 bits per heavy atom. The Morgan fingerprint density at radius 3 is 2.50 bits per heavy atom. The summed E-state index contributed by atoms with van der Waals surface area (Å²) in [6, 6.07) is 16.0. The normalized spacial score (nSPS) is 15.3. The van der Waals surface area contributed by atoms with Crippen molar-refractivity contribution < 1.29 is 9.53 Å². The summed E-state index contributed by atoms with van der Waals surface area (Å²) in [5.74, 6) is 1.13. The van der Waals surface area contributed by atoms with Crippen molar-refractivity contribution >= 4 is 40.3 Å². The Balaban J connectivity index is 1.78. The third-order valence-electron chi connectivity index (χ3n) is 5.30. The van der Waals surface area contributed by atoms with Crippen molar-refractivity contribution in [1.29, 1.82) is 0 Å². The number of hydrogen-bond acceptors (Lipinski definition) is 5. The molecule has 0 aliphatic carbocycles. The first-order valence-corrected chi connectivity index (χ1v) is 12.6. The number of benzene rings is 2. The highest BCUT2D eigenvalue weighted by molar-refractivity contribution is 8.26. The number of para-hydroxylation sites is 1. The van der Waals surface area contributed by atoms with Crippen LogP contribution in [0.2, 0.25) is 0 Å². The van der Waals surface area contributed by atoms with Gasteiger partial charge in [0, 0.05) is 23.9 Å². The van der Waals surface area contributed by atoms with E-state index < -0.39 is 0 Å². The minimum absolute atomic E-state index is 0.0421. The molecule has 0 saturated carbocycles. The molecular formula is C27H29N3O2S2. The molecule has 176 valence electrons. The fraction of sp³-hybridized carbons (Fsp3) is 0.296. The van der Waals surface area contributed by atoms with Crippen molar-refractivity contribution in [3.05, 3.63) is 70.8 Å². The van der Waals surface area contributed by atoms with Gasteiger partial charge in [-0.05, 0) is 68.7 Å². The lowest BCUT2D eigenvalue weighted by Crippen LogP contribution is -2.31. The number of amides is 1. The summed E-state index contributed by atoms with van der Waals surface area (Å²) in [7, 11) is 0. The van der Waals surface area contributed by atoms with Crippen LogP contribution >= 0.6 is 24.0 Å². The van der Waals surface area contributed by atoms with Crippen LogP contribution in [0.5, 0.6) is 5.75 Å². The summed E-state index contributed by atoms with van der Waals surface area (Å²) >= 11 is 6.85. The van der Waals surface area contributed by atoms with Crippen molar-refractivity contribution in [2.45, 2.75) is 40.7 Å². The van der Waals surface area contributed by atoms with Crippen molar-refractivity contribution in [3.8, 4) is 22.7 Å². The van der Waals surface area contributed by atoms with Crippen LogP contribution in [0.4, 0.5) is 0 Å². The Labute approximate surface area is 210 Å². The topological polar surface area (TPSA) is 47.4 Å². The number of rotatable bonds is 7. The van der Waals surface area contributed by atoms with Gasteiger partial charge >= 0.3 is 0 Å². The molecule has 1 aliphatic heterocycles. The van der Waals surface area contributed by atoms with Crippen molar-refractivity contribution in [2.24, 2.45) is 5.92 Å². The summed E-state index contributed by atoms with van der Waals surface area (Å²) in [5, 5.41) is 4.92. The van der Waals surface area contributed by atoms with E-state index in [-0.39, 0.29) is 12.0 Å². The summed E-state index contributed by atoms with van der Waals surface area (Å²) in [4.78, 5) is 15.4. The smallest absolute Gasteiger partial charge is 0.266 e. The number of thiocarbonyl (C=S) groups is 1. The molecule has 5 nitrogen and oxygen atoms in total. The molecule has 0 bridgehead atoms. The second-order valence-electron chi connectivity index (χ2n) is 9.04. The van der Waals surface area contributed by atoms with Crippen molar-refractivity contribution in [1.82, 2.24) is 14.7 Å². The van der Waals surface area contributed by atoms with Gasteiger partial charge in [-0.25, -0.2) is 4.68 Å². The first-order chi connectivity index (χ1) is 16.2. The number of carbonyl (C=O) groups excluding carboxylic acids is 1. The molecule has 1 aliphatic rings. The molecule has 1 saturated heterocycles. The predicted molar refractivity (Wildman–Crippen MR) is 144 cm³/mol. The molecule has 0 spiro atoms. The van der Waals surface area contributed by atoms with Gasteiger partial charge in [-0.1, -0.05) is 56.0 Å². The van der Waals surface area contributed by atoms with Gasteiger partial charge in [0.2, 0.25) is 0 Å². The fourth-order valence-electron chi connectivity index (χ4n) is 3.83. The third-order valence-corrected chi connectivity index (χ3v) is 6.67. The van der Waals surface area contributed by atoms with Crippen LogP contribution in [0, 0.1) is 12.8 Å². The van der Waals surface area contributed by atoms with Gasteiger partial charge < -0.3 is 4.74 Å². The largest absolute Gasteiger partial charge is 0.491 e. The highest BCUT2D eigenvalue weighted by Crippen LogP contribution is 2.36. The van der Waals surface area contributed by atoms with Gasteiger partial charge in [0.1, 0.15) is 15.8 Å². The van der Waals surface area contributed by atoms with E-state index in [1.54, 1.807) is 4.90 Å². The third kappa shape index (κ3) is 5.26. The molecule has 2 aromatic carbocycles. The first-order valence-electron chi connectivity index (χ1n) is 11.4. The molecule has 0 radical (unpaired) electrons. The molecule has 34 heavy (non-hydrogen) atoms. The maximum Gasteiger partial charge on any atom is 0.266 e. The second-order valence-corrected chi connectivity index (χ2v) is 10.7. The predicted octanol–water partition coefficient (Wildman–Crippen LogP) is 6.49. The van der Waals surface area contributed by atoms with Gasteiger partial charge in [0.15, 0.2) is 0 Å². The van der Waals surface area contributed by atoms with Gasteiger partial charge in [0.05, 0.1) is 16.7 Å². The molecule has 0 atom stereocenters. The van der Waals surface area contributed by atoms with Gasteiger partial charge in [-0.15, -0.1) is 0 Å². The number of nitrogens with zero attached hydrogens (tertiary/aromatic N) is 3. The minimum Gasteiger partial charge on any atom is -0.491 e. The van der Waals surface area contributed by atoms with Gasteiger partial charge in [-0.3, -0.25) is 9.69 Å². The quantitative estimate of drug-likeness (QED) is 0.279. The van der Waals surface area contributed by atoms with Crippen molar-refractivity contribution in [3.63, 3.8) is 0 Å². The van der Waals surface area contributed by atoms with E-state index >= 15 is 0 Å². The van der Waals surface area contributed by atoms with E-state index in [4.69, 9.17) is 22.1 Å². The number of carbonyl (C=O) groups is 1. The van der Waals surface area contributed by atoms with Crippen LogP contribution in [0.25, 0.3) is 23.0 Å². The number of aryl methyl sites for hydroxylation is 1. The first kappa shape index (κ1) is 24.2. The maximum absolute atomic E-state index is 13.1. The molecular weight excluding hydrogens is 462 g/mol. The number of ether oxygens (including phenoxy) is 1. The molecule has 0 N–H and O–H groups in total. The summed E-state index contributed by atoms with van der Waals surface area (Å²) < 4.78 is 8.32. The summed E-state index contributed by atoms with van der Waals surface area (Å²) in [6.45, 7) is 10.9. The molecule has 1 aromatic heterocycles. The lowest BCUT2D eigenvalue weighted by atomic mass is 10.0. The maximum atomic E-state index is 13.1. The minimum atomic E-state index is -0.0421. The average molecular weight is 492 g/mol. The van der Waals surface area contributed by atoms with E-state index in [1.165, 1.54) is 11.8 Å². The van der Waals surface area contributed by atoms with E-state index in [1.807, 2.05) is 79.3 Å². The van der Waals surface area contributed by atoms with Crippen LogP contribution in [-0.2, 0) is 4.79 Å². The molecule has 1 fully saturated rings. The zero-order valence-electron chi connectivity index (χ0n) is 20.1. The summed E-state index contributed by atoms with van der Waals surface area (Å²) in [5.41, 5.74) is 4.68. The molecule has 2 heterocycles. The second kappa shape index (κ2) is 10.2. The number of hydrogen-bond donors (Lipinski definition) is 0. The Kier molecular flexibility index (Phi) is 7.24. The van der Waals surface area contributed by atoms with E-state index in [9.17, 15) is 4.79 Å². The van der Waals surface area contributed by atoms with E-state index in [0.29, 0.717) is 21.7 Å². The van der Waals surface area contributed by atoms with Crippen LogP contribution in [0.1, 0.15) is 38.8 Å². The Hall–Kier alpha value is -2.90. The fourth-order valence-corrected chi connectivity index (χ4v) is 5.09. The molecule has 3 aromatic rings. The number of thioether (sulfide) groups is 1. The van der Waals surface area contributed by atoms with E-state index in [0.717, 1.165) is 33.8 Å². The Morgan fingerprint density at radius 1 is 1.12 bits per heavy atom. The van der Waals surface area contributed by atoms with Crippen LogP contribution in [0.3, 0.4) is 0 Å². The van der Waals surface area contributed by atoms with Crippen LogP contribution in [0.15, 0.2) is 59.6 Å². The van der Waals surface area contributed by atoms with Crippen LogP contribution < -0.4 is 4.74 Å². The van der Waals surface area contributed by atoms with Gasteiger partial charge in [0.25, 0.3) is 5.91 Å². The lowest BCUT2D eigenvalue weighted by molar-refractivity contribution is -0.122. The zero-order chi connectivity index (χ0) is 24.4. The van der Waals surface area contributed by atoms with Crippen LogP contribution in [-0.4, -0.2) is 37.6 Å². The number of aromatic nitrogens is 2. The van der Waals surface area contributed by atoms with Gasteiger partial charge in [-0.2, -0.15) is 5.10 Å².